The molecule has 0 saturated carbocycles. The molecule has 0 unspecified atom stereocenters. The van der Waals surface area contributed by atoms with E-state index in [2.05, 4.69) is 29.6 Å². The van der Waals surface area contributed by atoms with Crippen molar-refractivity contribution in [3.8, 4) is 0 Å². The smallest absolute Gasteiger partial charge is 0.319 e. The average Bonchev–Trinajstić information content (AvgIpc) is 2.91. The Balaban J connectivity index is 1.85. The van der Waals surface area contributed by atoms with Crippen molar-refractivity contribution < 1.29 is 14.1 Å². The predicted octanol–water partition coefficient (Wildman–Crippen LogP) is 2.22. The molecule has 0 saturated heterocycles. The molecule has 0 atom stereocenters. The molecule has 1 heterocycles. The summed E-state index contributed by atoms with van der Waals surface area (Å²) >= 11 is 0. The van der Waals surface area contributed by atoms with Gasteiger partial charge in [-0.3, -0.25) is 4.79 Å². The van der Waals surface area contributed by atoms with E-state index in [9.17, 15) is 9.59 Å². The van der Waals surface area contributed by atoms with Gasteiger partial charge in [-0.15, -0.1) is 0 Å². The third kappa shape index (κ3) is 5.75. The van der Waals surface area contributed by atoms with Gasteiger partial charge in [0.15, 0.2) is 0 Å². The molecule has 7 heteroatoms. The molecule has 24 heavy (non-hydrogen) atoms. The van der Waals surface area contributed by atoms with Gasteiger partial charge in [-0.05, 0) is 23.6 Å². The summed E-state index contributed by atoms with van der Waals surface area (Å²) in [6.07, 6.45) is 0.945. The average molecular weight is 330 g/mol. The van der Waals surface area contributed by atoms with Crippen LogP contribution in [0.15, 0.2) is 34.9 Å². The fraction of sp³-hybridized carbons (Fsp3) is 0.353. The first-order chi connectivity index (χ1) is 11.4. The van der Waals surface area contributed by atoms with Crippen LogP contribution in [0.5, 0.6) is 0 Å². The largest absolute Gasteiger partial charge is 0.369 e. The predicted molar refractivity (Wildman–Crippen MR) is 90.2 cm³/mol. The normalized spacial score (nSPS) is 10.6. The minimum atomic E-state index is -0.417. The molecule has 2 aromatic rings. The second-order valence-electron chi connectivity index (χ2n) is 6.03. The van der Waals surface area contributed by atoms with Crippen molar-refractivity contribution in [2.24, 2.45) is 11.7 Å². The second kappa shape index (κ2) is 8.14. The van der Waals surface area contributed by atoms with Crippen LogP contribution in [-0.2, 0) is 24.2 Å². The highest BCUT2D eigenvalue weighted by atomic mass is 16.5. The van der Waals surface area contributed by atoms with Crippen molar-refractivity contribution in [1.82, 2.24) is 10.5 Å². The third-order valence-electron chi connectivity index (χ3n) is 3.21. The first-order valence-corrected chi connectivity index (χ1v) is 7.79. The number of nitrogens with two attached hydrogens (primary N) is 1. The molecule has 1 aromatic heterocycles. The lowest BCUT2D eigenvalue weighted by Gasteiger charge is -2.07. The number of benzene rings is 1. The SMILES string of the molecule is CC(C)Cc1cc(CNC(=O)Nc2cccc(CC(N)=O)c2)no1. The van der Waals surface area contributed by atoms with E-state index in [-0.39, 0.29) is 19.0 Å². The number of primary amides is 1. The Hall–Kier alpha value is -2.83. The highest BCUT2D eigenvalue weighted by molar-refractivity contribution is 5.89. The van der Waals surface area contributed by atoms with Crippen LogP contribution < -0.4 is 16.4 Å². The topological polar surface area (TPSA) is 110 Å². The maximum Gasteiger partial charge on any atom is 0.319 e. The van der Waals surface area contributed by atoms with E-state index in [0.717, 1.165) is 17.7 Å². The fourth-order valence-corrected chi connectivity index (χ4v) is 2.24. The number of hydrogen-bond acceptors (Lipinski definition) is 4. The lowest BCUT2D eigenvalue weighted by atomic mass is 10.1. The molecule has 3 amide bonds. The van der Waals surface area contributed by atoms with E-state index in [1.807, 2.05) is 6.07 Å². The zero-order chi connectivity index (χ0) is 17.5. The van der Waals surface area contributed by atoms with Crippen LogP contribution >= 0.6 is 0 Å². The van der Waals surface area contributed by atoms with E-state index in [1.165, 1.54) is 0 Å². The Labute approximate surface area is 140 Å². The Bertz CT molecular complexity index is 709. The number of nitrogens with one attached hydrogen (secondary N) is 2. The minimum absolute atomic E-state index is 0.134. The molecule has 4 N–H and O–H groups in total. The van der Waals surface area contributed by atoms with Gasteiger partial charge in [0.1, 0.15) is 11.5 Å². The van der Waals surface area contributed by atoms with Crippen LogP contribution in [0.1, 0.15) is 30.9 Å². The highest BCUT2D eigenvalue weighted by Gasteiger charge is 2.08. The Morgan fingerprint density at radius 3 is 2.79 bits per heavy atom. The van der Waals surface area contributed by atoms with Gasteiger partial charge < -0.3 is 20.9 Å². The molecule has 128 valence electrons. The van der Waals surface area contributed by atoms with Crippen LogP contribution in [0.3, 0.4) is 0 Å². The molecular weight excluding hydrogens is 308 g/mol. The van der Waals surface area contributed by atoms with Gasteiger partial charge in [-0.1, -0.05) is 31.1 Å². The standard InChI is InChI=1S/C17H22N4O3/c1-11(2)6-15-9-14(21-24-15)10-19-17(23)20-13-5-3-4-12(7-13)8-16(18)22/h3-5,7,9,11H,6,8,10H2,1-2H3,(H2,18,22)(H2,19,20,23). The number of carbonyl (C=O) groups is 2. The summed E-state index contributed by atoms with van der Waals surface area (Å²) in [6.45, 7) is 4.47. The van der Waals surface area contributed by atoms with Gasteiger partial charge in [0.25, 0.3) is 0 Å². The monoisotopic (exact) mass is 330 g/mol. The van der Waals surface area contributed by atoms with E-state index in [0.29, 0.717) is 17.3 Å². The van der Waals surface area contributed by atoms with Crippen molar-refractivity contribution in [2.45, 2.75) is 33.2 Å². The number of aromatic nitrogens is 1. The van der Waals surface area contributed by atoms with Crippen LogP contribution in [0.25, 0.3) is 0 Å². The van der Waals surface area contributed by atoms with Gasteiger partial charge in [-0.25, -0.2) is 4.79 Å². The lowest BCUT2D eigenvalue weighted by molar-refractivity contribution is -0.117. The van der Waals surface area contributed by atoms with E-state index < -0.39 is 5.91 Å². The molecule has 0 aliphatic heterocycles. The molecule has 0 bridgehead atoms. The summed E-state index contributed by atoms with van der Waals surface area (Å²) in [5, 5.41) is 9.34. The van der Waals surface area contributed by atoms with Crippen molar-refractivity contribution in [3.05, 3.63) is 47.3 Å². The number of rotatable bonds is 7. The number of urea groups is 1. The van der Waals surface area contributed by atoms with Gasteiger partial charge in [-0.2, -0.15) is 0 Å². The van der Waals surface area contributed by atoms with Crippen LogP contribution in [0.4, 0.5) is 10.5 Å². The summed E-state index contributed by atoms with van der Waals surface area (Å²) < 4.78 is 5.21. The van der Waals surface area contributed by atoms with Gasteiger partial charge >= 0.3 is 6.03 Å². The van der Waals surface area contributed by atoms with Gasteiger partial charge in [0.2, 0.25) is 5.91 Å². The van der Waals surface area contributed by atoms with Gasteiger partial charge in [0, 0.05) is 18.2 Å². The summed E-state index contributed by atoms with van der Waals surface area (Å²) in [5.41, 5.74) is 7.17. The number of carbonyl (C=O) groups excluding carboxylic acids is 2. The van der Waals surface area contributed by atoms with Crippen molar-refractivity contribution >= 4 is 17.6 Å². The number of anilines is 1. The van der Waals surface area contributed by atoms with E-state index in [1.54, 1.807) is 24.3 Å². The Morgan fingerprint density at radius 1 is 1.29 bits per heavy atom. The highest BCUT2D eigenvalue weighted by Crippen LogP contribution is 2.12. The molecule has 0 fully saturated rings. The Kier molecular flexibility index (Phi) is 5.95. The summed E-state index contributed by atoms with van der Waals surface area (Å²) in [7, 11) is 0. The maximum atomic E-state index is 11.9. The molecular formula is C17H22N4O3. The molecule has 2 rings (SSSR count). The summed E-state index contributed by atoms with van der Waals surface area (Å²) in [6, 6.07) is 8.46. The van der Waals surface area contributed by atoms with Crippen LogP contribution in [-0.4, -0.2) is 17.1 Å². The zero-order valence-corrected chi connectivity index (χ0v) is 13.8. The second-order valence-corrected chi connectivity index (χ2v) is 6.03. The first-order valence-electron chi connectivity index (χ1n) is 7.79. The third-order valence-corrected chi connectivity index (χ3v) is 3.21. The fourth-order valence-electron chi connectivity index (χ4n) is 2.24. The van der Waals surface area contributed by atoms with Crippen LogP contribution in [0, 0.1) is 5.92 Å². The number of hydrogen-bond donors (Lipinski definition) is 3. The van der Waals surface area contributed by atoms with Crippen LogP contribution in [0.2, 0.25) is 0 Å². The van der Waals surface area contributed by atoms with Gasteiger partial charge in [0.05, 0.1) is 13.0 Å². The quantitative estimate of drug-likeness (QED) is 0.723. The number of nitrogens with zero attached hydrogens (tertiary/aromatic N) is 1. The summed E-state index contributed by atoms with van der Waals surface area (Å²) in [5.74, 6) is 0.871. The maximum absolute atomic E-state index is 11.9. The lowest BCUT2D eigenvalue weighted by Crippen LogP contribution is -2.28. The zero-order valence-electron chi connectivity index (χ0n) is 13.8. The first kappa shape index (κ1) is 17.5. The molecule has 0 spiro atoms. The van der Waals surface area contributed by atoms with E-state index in [4.69, 9.17) is 10.3 Å². The van der Waals surface area contributed by atoms with Crippen molar-refractivity contribution in [1.29, 1.82) is 0 Å². The van der Waals surface area contributed by atoms with E-state index >= 15 is 0 Å². The minimum Gasteiger partial charge on any atom is -0.369 e. The molecule has 0 aliphatic carbocycles. The van der Waals surface area contributed by atoms with Crippen molar-refractivity contribution in [3.63, 3.8) is 0 Å². The molecule has 7 nitrogen and oxygen atoms in total. The summed E-state index contributed by atoms with van der Waals surface area (Å²) in [4.78, 5) is 22.9. The Morgan fingerprint density at radius 2 is 2.08 bits per heavy atom. The van der Waals surface area contributed by atoms with Crippen molar-refractivity contribution in [2.75, 3.05) is 5.32 Å². The molecule has 0 radical (unpaired) electrons. The molecule has 0 aliphatic rings. The number of amides is 3. The molecule has 1 aromatic carbocycles.